The molecule has 30 heavy (non-hydrogen) atoms. The van der Waals surface area contributed by atoms with Crippen molar-refractivity contribution in [3.8, 4) is 5.75 Å². The van der Waals surface area contributed by atoms with Crippen LogP contribution in [0, 0.1) is 20.8 Å². The smallest absolute Gasteiger partial charge is 0.251 e. The van der Waals surface area contributed by atoms with Crippen LogP contribution in [-0.2, 0) is 11.4 Å². The van der Waals surface area contributed by atoms with Crippen LogP contribution in [0.25, 0.3) is 0 Å². The second-order valence-electron chi connectivity index (χ2n) is 7.30. The van der Waals surface area contributed by atoms with Gasteiger partial charge in [0, 0.05) is 11.3 Å². The highest BCUT2D eigenvalue weighted by molar-refractivity contribution is 5.99. The van der Waals surface area contributed by atoms with Gasteiger partial charge in [0.25, 0.3) is 5.91 Å². The van der Waals surface area contributed by atoms with E-state index in [1.807, 2.05) is 63.2 Å². The molecule has 2 amide bonds. The maximum atomic E-state index is 12.3. The number of hydrogen-bond acceptors (Lipinski definition) is 3. The van der Waals surface area contributed by atoms with Crippen LogP contribution >= 0.6 is 0 Å². The van der Waals surface area contributed by atoms with Crippen molar-refractivity contribution < 1.29 is 14.3 Å². The summed E-state index contributed by atoms with van der Waals surface area (Å²) in [7, 11) is 0. The second kappa shape index (κ2) is 9.74. The summed E-state index contributed by atoms with van der Waals surface area (Å²) in [5, 5.41) is 5.54. The van der Waals surface area contributed by atoms with Gasteiger partial charge >= 0.3 is 0 Å². The maximum absolute atomic E-state index is 12.3. The van der Waals surface area contributed by atoms with Gasteiger partial charge in [-0.3, -0.25) is 9.59 Å². The molecule has 0 radical (unpaired) electrons. The zero-order valence-corrected chi connectivity index (χ0v) is 17.5. The van der Waals surface area contributed by atoms with Gasteiger partial charge in [0.2, 0.25) is 5.91 Å². The van der Waals surface area contributed by atoms with E-state index < -0.39 is 0 Å². The van der Waals surface area contributed by atoms with Crippen LogP contribution in [0.3, 0.4) is 0 Å². The van der Waals surface area contributed by atoms with E-state index in [1.54, 1.807) is 24.3 Å². The number of amides is 2. The lowest BCUT2D eigenvalue weighted by Gasteiger charge is -2.13. The fourth-order valence-corrected chi connectivity index (χ4v) is 3.27. The molecule has 3 aromatic carbocycles. The molecule has 5 nitrogen and oxygen atoms in total. The first-order chi connectivity index (χ1) is 14.4. The summed E-state index contributed by atoms with van der Waals surface area (Å²) < 4.78 is 5.73. The molecule has 0 spiro atoms. The van der Waals surface area contributed by atoms with E-state index in [4.69, 9.17) is 4.74 Å². The zero-order valence-electron chi connectivity index (χ0n) is 17.5. The number of carbonyl (C=O) groups is 2. The van der Waals surface area contributed by atoms with E-state index >= 15 is 0 Å². The van der Waals surface area contributed by atoms with Gasteiger partial charge in [-0.15, -0.1) is 0 Å². The first-order valence-corrected chi connectivity index (χ1v) is 9.85. The SMILES string of the molecule is Cc1cc(C)c(NC(=O)CNC(=O)c2ccc(OCc3ccccc3)cc2)c(C)c1. The number of benzene rings is 3. The minimum atomic E-state index is -0.308. The Morgan fingerprint density at radius 1 is 0.867 bits per heavy atom. The predicted molar refractivity (Wildman–Crippen MR) is 119 cm³/mol. The number of ether oxygens (including phenoxy) is 1. The number of aryl methyl sites for hydroxylation is 3. The van der Waals surface area contributed by atoms with E-state index in [-0.39, 0.29) is 18.4 Å². The van der Waals surface area contributed by atoms with Gasteiger partial charge in [-0.25, -0.2) is 0 Å². The van der Waals surface area contributed by atoms with Gasteiger partial charge < -0.3 is 15.4 Å². The van der Waals surface area contributed by atoms with E-state index in [9.17, 15) is 9.59 Å². The maximum Gasteiger partial charge on any atom is 0.251 e. The van der Waals surface area contributed by atoms with Gasteiger partial charge in [-0.2, -0.15) is 0 Å². The van der Waals surface area contributed by atoms with Gasteiger partial charge in [0.1, 0.15) is 12.4 Å². The Labute approximate surface area is 177 Å². The molecule has 0 saturated heterocycles. The van der Waals surface area contributed by atoms with Crippen molar-refractivity contribution in [2.45, 2.75) is 27.4 Å². The van der Waals surface area contributed by atoms with Crippen LogP contribution in [0.1, 0.15) is 32.6 Å². The second-order valence-corrected chi connectivity index (χ2v) is 7.30. The van der Waals surface area contributed by atoms with Crippen molar-refractivity contribution in [1.82, 2.24) is 5.32 Å². The molecule has 0 unspecified atom stereocenters. The van der Waals surface area contributed by atoms with E-state index in [0.717, 1.165) is 27.9 Å². The van der Waals surface area contributed by atoms with E-state index in [2.05, 4.69) is 10.6 Å². The normalized spacial score (nSPS) is 10.4. The third kappa shape index (κ3) is 5.70. The van der Waals surface area contributed by atoms with E-state index in [0.29, 0.717) is 17.9 Å². The molecule has 0 aliphatic carbocycles. The fraction of sp³-hybridized carbons (Fsp3) is 0.200. The van der Waals surface area contributed by atoms with Crippen LogP contribution in [-0.4, -0.2) is 18.4 Å². The monoisotopic (exact) mass is 402 g/mol. The summed E-state index contributed by atoms with van der Waals surface area (Å²) in [6, 6.07) is 20.8. The molecule has 0 bridgehead atoms. The average Bonchev–Trinajstić information content (AvgIpc) is 2.74. The van der Waals surface area contributed by atoms with Gasteiger partial charge in [-0.05, 0) is 61.7 Å². The lowest BCUT2D eigenvalue weighted by molar-refractivity contribution is -0.115. The van der Waals surface area contributed by atoms with E-state index in [1.165, 1.54) is 0 Å². The Kier molecular flexibility index (Phi) is 6.86. The molecular weight excluding hydrogens is 376 g/mol. The molecule has 5 heteroatoms. The highest BCUT2D eigenvalue weighted by Gasteiger charge is 2.11. The Morgan fingerprint density at radius 2 is 1.50 bits per heavy atom. The number of carbonyl (C=O) groups excluding carboxylic acids is 2. The highest BCUT2D eigenvalue weighted by Crippen LogP contribution is 2.21. The number of hydrogen-bond donors (Lipinski definition) is 2. The third-order valence-corrected chi connectivity index (χ3v) is 4.72. The fourth-order valence-electron chi connectivity index (χ4n) is 3.27. The number of rotatable bonds is 7. The largest absolute Gasteiger partial charge is 0.489 e. The molecule has 3 rings (SSSR count). The Hall–Kier alpha value is -3.60. The molecule has 0 saturated carbocycles. The quantitative estimate of drug-likeness (QED) is 0.609. The van der Waals surface area contributed by atoms with Crippen LogP contribution < -0.4 is 15.4 Å². The molecule has 154 valence electrons. The lowest BCUT2D eigenvalue weighted by Crippen LogP contribution is -2.33. The minimum Gasteiger partial charge on any atom is -0.489 e. The van der Waals surface area contributed by atoms with Crippen molar-refractivity contribution in [2.24, 2.45) is 0 Å². The summed E-state index contributed by atoms with van der Waals surface area (Å²) in [6.45, 7) is 6.29. The first kappa shape index (κ1) is 21.1. The van der Waals surface area contributed by atoms with Crippen molar-refractivity contribution >= 4 is 17.5 Å². The zero-order chi connectivity index (χ0) is 21.5. The molecule has 0 aromatic heterocycles. The van der Waals surface area contributed by atoms with Crippen molar-refractivity contribution in [1.29, 1.82) is 0 Å². The summed E-state index contributed by atoms with van der Waals surface area (Å²) >= 11 is 0. The summed E-state index contributed by atoms with van der Waals surface area (Å²) in [4.78, 5) is 24.6. The van der Waals surface area contributed by atoms with Gasteiger partial charge in [0.15, 0.2) is 0 Å². The standard InChI is InChI=1S/C25H26N2O3/c1-17-13-18(2)24(19(3)14-17)27-23(28)15-26-25(29)21-9-11-22(12-10-21)30-16-20-7-5-4-6-8-20/h4-14H,15-16H2,1-3H3,(H,26,29)(H,27,28). The molecule has 0 fully saturated rings. The highest BCUT2D eigenvalue weighted by atomic mass is 16.5. The van der Waals surface area contributed by atoms with Crippen molar-refractivity contribution in [3.63, 3.8) is 0 Å². The van der Waals surface area contributed by atoms with Crippen molar-refractivity contribution in [3.05, 3.63) is 94.5 Å². The first-order valence-electron chi connectivity index (χ1n) is 9.85. The summed E-state index contributed by atoms with van der Waals surface area (Å²) in [5.74, 6) is 0.108. The number of nitrogens with one attached hydrogen (secondary N) is 2. The minimum absolute atomic E-state index is 0.0994. The van der Waals surface area contributed by atoms with Crippen LogP contribution in [0.2, 0.25) is 0 Å². The van der Waals surface area contributed by atoms with Crippen molar-refractivity contribution in [2.75, 3.05) is 11.9 Å². The summed E-state index contributed by atoms with van der Waals surface area (Å²) in [5.41, 5.74) is 5.48. The van der Waals surface area contributed by atoms with Crippen LogP contribution in [0.5, 0.6) is 5.75 Å². The third-order valence-electron chi connectivity index (χ3n) is 4.72. The lowest BCUT2D eigenvalue weighted by atomic mass is 10.1. The van der Waals surface area contributed by atoms with Gasteiger partial charge in [-0.1, -0.05) is 48.0 Å². The molecular formula is C25H26N2O3. The molecule has 3 aromatic rings. The van der Waals surface area contributed by atoms with Gasteiger partial charge in [0.05, 0.1) is 6.54 Å². The molecule has 0 aliphatic rings. The molecule has 2 N–H and O–H groups in total. The summed E-state index contributed by atoms with van der Waals surface area (Å²) in [6.07, 6.45) is 0. The molecule has 0 atom stereocenters. The van der Waals surface area contributed by atoms with Crippen LogP contribution in [0.15, 0.2) is 66.7 Å². The predicted octanol–water partition coefficient (Wildman–Crippen LogP) is 4.56. The Balaban J connectivity index is 1.50. The average molecular weight is 402 g/mol. The van der Waals surface area contributed by atoms with Crippen LogP contribution in [0.4, 0.5) is 5.69 Å². The Bertz CT molecular complexity index is 1010. The Morgan fingerprint density at radius 3 is 2.13 bits per heavy atom. The molecule has 0 heterocycles. The molecule has 0 aliphatic heterocycles. The topological polar surface area (TPSA) is 67.4 Å². The number of anilines is 1.